The minimum absolute atomic E-state index is 0. The summed E-state index contributed by atoms with van der Waals surface area (Å²) in [5.41, 5.74) is 0. The zero-order valence-electron chi connectivity index (χ0n) is 3.72. The van der Waals surface area contributed by atoms with E-state index in [4.69, 9.17) is 0 Å². The molecule has 0 unspecified atom stereocenters. The summed E-state index contributed by atoms with van der Waals surface area (Å²) in [6.07, 6.45) is 0. The first kappa shape index (κ1) is 155. The Balaban J connectivity index is 0. The van der Waals surface area contributed by atoms with Crippen molar-refractivity contribution in [3.05, 3.63) is 0 Å². The molecule has 0 nitrogen and oxygen atoms in total. The minimum atomic E-state index is 0. The molecule has 0 saturated heterocycles. The number of hydrogen-bond acceptors (Lipinski definition) is 0. The summed E-state index contributed by atoms with van der Waals surface area (Å²) in [6.45, 7) is 0. The Bertz CT molecular complexity index is 8.49. The SMILES string of the molecule is [Cs+].[F-].[F-].[F-].[F-].[F-].[F-].[Sb+5]. The van der Waals surface area contributed by atoms with Crippen molar-refractivity contribution < 1.29 is 97.1 Å². The van der Waals surface area contributed by atoms with Gasteiger partial charge in [-0.25, -0.2) is 0 Å². The molecular formula is CsF6Sb. The predicted octanol–water partition coefficient (Wildman–Crippen LogP) is -21.4. The van der Waals surface area contributed by atoms with Gasteiger partial charge in [0.2, 0.25) is 0 Å². The fourth-order valence-electron chi connectivity index (χ4n) is 0. The van der Waals surface area contributed by atoms with E-state index in [1.54, 1.807) is 0 Å². The van der Waals surface area contributed by atoms with Gasteiger partial charge in [0.25, 0.3) is 0 Å². The van der Waals surface area contributed by atoms with Crippen molar-refractivity contribution in [2.75, 3.05) is 0 Å². The van der Waals surface area contributed by atoms with Crippen LogP contribution < -0.4 is 97.1 Å². The van der Waals surface area contributed by atoms with Crippen molar-refractivity contribution in [1.82, 2.24) is 0 Å². The van der Waals surface area contributed by atoms with Crippen LogP contribution in [0.5, 0.6) is 0 Å². The zero-order chi connectivity index (χ0) is 0. The molecule has 0 radical (unpaired) electrons. The standard InChI is InChI=1S/Cs.6FH.Sb/h;6*1H;/q+1;;;;;;;+5/p-6. The Morgan fingerprint density at radius 3 is 0.375 bits per heavy atom. The molecule has 0 bridgehead atoms. The Hall–Kier alpha value is 2.45. The third-order valence-electron chi connectivity index (χ3n) is 0. The first-order valence-electron chi connectivity index (χ1n) is 0. The van der Waals surface area contributed by atoms with Gasteiger partial charge >= 0.3 is 93.3 Å². The fraction of sp³-hybridized carbons (Fsp3) is 0. The van der Waals surface area contributed by atoms with E-state index in [2.05, 4.69) is 0 Å². The van der Waals surface area contributed by atoms with E-state index in [0.717, 1.165) is 0 Å². The topological polar surface area (TPSA) is 0 Å². The number of halogens is 6. The van der Waals surface area contributed by atoms with Crippen molar-refractivity contribution in [2.24, 2.45) is 0 Å². The molecule has 0 rings (SSSR count). The van der Waals surface area contributed by atoms with Gasteiger partial charge in [0, 0.05) is 0 Å². The maximum atomic E-state index is 0. The summed E-state index contributed by atoms with van der Waals surface area (Å²) in [5, 5.41) is 0. The van der Waals surface area contributed by atoms with Gasteiger partial charge in [-0.2, -0.15) is 0 Å². The molecule has 8 heavy (non-hydrogen) atoms. The van der Waals surface area contributed by atoms with E-state index in [-0.39, 0.29) is 122 Å². The maximum absolute atomic E-state index is 0. The van der Waals surface area contributed by atoms with Crippen molar-refractivity contribution in [1.29, 1.82) is 0 Å². The van der Waals surface area contributed by atoms with Crippen LogP contribution in [0.4, 0.5) is 0 Å². The molecule has 0 N–H and O–H groups in total. The fourth-order valence-corrected chi connectivity index (χ4v) is 0. The van der Waals surface area contributed by atoms with Crippen molar-refractivity contribution in [3.8, 4) is 0 Å². The summed E-state index contributed by atoms with van der Waals surface area (Å²) >= 11 is 0. The van der Waals surface area contributed by atoms with Crippen LogP contribution in [0, 0.1) is 0 Å². The van der Waals surface area contributed by atoms with Crippen LogP contribution >= 0.6 is 0 Å². The molecule has 0 aliphatic rings. The monoisotopic (exact) mass is 368 g/mol. The molecule has 8 heteroatoms. The summed E-state index contributed by atoms with van der Waals surface area (Å²) < 4.78 is 0. The van der Waals surface area contributed by atoms with Gasteiger partial charge in [-0.15, -0.1) is 0 Å². The second-order valence-electron chi connectivity index (χ2n) is 0. The van der Waals surface area contributed by atoms with Crippen LogP contribution in [0.25, 0.3) is 0 Å². The molecule has 0 spiro atoms. The first-order chi connectivity index (χ1) is 0. The van der Waals surface area contributed by atoms with Gasteiger partial charge < -0.3 is 28.2 Å². The normalized spacial score (nSPS) is 0. The second-order valence-corrected chi connectivity index (χ2v) is 0. The predicted molar refractivity (Wildman–Crippen MR) is 5.75 cm³/mol. The Labute approximate surface area is 119 Å². The summed E-state index contributed by atoms with van der Waals surface area (Å²) in [4.78, 5) is 0. The number of rotatable bonds is 0. The average molecular weight is 369 g/mol. The van der Waals surface area contributed by atoms with Crippen molar-refractivity contribution >= 4 is 24.4 Å². The molecule has 0 saturated carbocycles. The van der Waals surface area contributed by atoms with Gasteiger partial charge in [-0.1, -0.05) is 0 Å². The quantitative estimate of drug-likeness (QED) is 0.294. The van der Waals surface area contributed by atoms with Crippen LogP contribution in [-0.2, 0) is 0 Å². The summed E-state index contributed by atoms with van der Waals surface area (Å²) in [6, 6.07) is 0. The summed E-state index contributed by atoms with van der Waals surface area (Å²) in [7, 11) is 0. The maximum Gasteiger partial charge on any atom is 5.00 e. The molecule has 0 aromatic carbocycles. The average Bonchev–Trinajstić information content (AvgIpc) is 0. The van der Waals surface area contributed by atoms with Crippen LogP contribution in [0.2, 0.25) is 0 Å². The summed E-state index contributed by atoms with van der Waals surface area (Å²) in [5.74, 6) is 0. The van der Waals surface area contributed by atoms with Crippen LogP contribution in [0.3, 0.4) is 0 Å². The first-order valence-corrected chi connectivity index (χ1v) is 0. The largest absolute Gasteiger partial charge is 5.00 e. The molecule has 0 heterocycles. The molecule has 0 amide bonds. The van der Waals surface area contributed by atoms with Crippen LogP contribution in [0.1, 0.15) is 0 Å². The Morgan fingerprint density at radius 1 is 0.375 bits per heavy atom. The van der Waals surface area contributed by atoms with E-state index in [1.165, 1.54) is 0 Å². The third kappa shape index (κ3) is 78.1. The molecule has 0 fully saturated rings. The Morgan fingerprint density at radius 2 is 0.375 bits per heavy atom. The van der Waals surface area contributed by atoms with Gasteiger partial charge in [-0.3, -0.25) is 0 Å². The third-order valence-corrected chi connectivity index (χ3v) is 0. The van der Waals surface area contributed by atoms with E-state index >= 15 is 0 Å². The second kappa shape index (κ2) is 112. The molecule has 0 aliphatic heterocycles. The molecule has 0 aromatic heterocycles. The van der Waals surface area contributed by atoms with Crippen molar-refractivity contribution in [3.63, 3.8) is 0 Å². The smallest absolute Gasteiger partial charge is 1.00 e. The van der Waals surface area contributed by atoms with Crippen molar-refractivity contribution in [2.45, 2.75) is 0 Å². The molecular weight excluding hydrogens is 369 g/mol. The van der Waals surface area contributed by atoms with Crippen LogP contribution in [-0.4, -0.2) is 24.4 Å². The van der Waals surface area contributed by atoms with E-state index in [9.17, 15) is 0 Å². The van der Waals surface area contributed by atoms with E-state index in [0.29, 0.717) is 0 Å². The van der Waals surface area contributed by atoms with Gasteiger partial charge in [0.15, 0.2) is 0 Å². The molecule has 0 aliphatic carbocycles. The van der Waals surface area contributed by atoms with E-state index in [1.807, 2.05) is 0 Å². The Kier molecular flexibility index (Phi) is 2180. The van der Waals surface area contributed by atoms with Gasteiger partial charge in [-0.05, 0) is 0 Å². The molecule has 0 atom stereocenters. The molecule has 0 aromatic rings. The van der Waals surface area contributed by atoms with Crippen LogP contribution in [0.15, 0.2) is 0 Å². The minimum Gasteiger partial charge on any atom is -1.00 e. The zero-order valence-corrected chi connectivity index (χ0v) is 12.5. The van der Waals surface area contributed by atoms with Gasteiger partial charge in [0.05, 0.1) is 0 Å². The van der Waals surface area contributed by atoms with E-state index < -0.39 is 0 Å². The molecule has 48 valence electrons. The van der Waals surface area contributed by atoms with Gasteiger partial charge in [0.1, 0.15) is 0 Å². The number of hydrogen-bond donors (Lipinski definition) is 0.